The first-order chi connectivity index (χ1) is 10.5. The molecule has 0 aliphatic carbocycles. The summed E-state index contributed by atoms with van der Waals surface area (Å²) in [5.41, 5.74) is 1.78. The largest absolute Gasteiger partial charge is 0.506 e. The molecular formula is C16H16N4O2. The lowest BCUT2D eigenvalue weighted by molar-refractivity contribution is -0.114. The van der Waals surface area contributed by atoms with Crippen LogP contribution in [0.4, 0.5) is 11.5 Å². The number of carbonyl (C=O) groups excluding carboxylic acids is 1. The number of nitriles is 1. The molecule has 0 saturated heterocycles. The van der Waals surface area contributed by atoms with Crippen molar-refractivity contribution < 1.29 is 9.90 Å². The van der Waals surface area contributed by atoms with E-state index in [1.165, 1.54) is 12.3 Å². The summed E-state index contributed by atoms with van der Waals surface area (Å²) in [5.74, 6) is 0.343. The predicted octanol–water partition coefficient (Wildman–Crippen LogP) is 2.04. The Kier molecular flexibility index (Phi) is 4.59. The van der Waals surface area contributed by atoms with E-state index in [9.17, 15) is 9.90 Å². The topological polar surface area (TPSA) is 89.2 Å². The number of nitrogens with one attached hydrogen (secondary N) is 1. The van der Waals surface area contributed by atoms with Gasteiger partial charge >= 0.3 is 0 Å². The van der Waals surface area contributed by atoms with E-state index in [1.54, 1.807) is 36.2 Å². The predicted molar refractivity (Wildman–Crippen MR) is 83.7 cm³/mol. The number of aryl methyl sites for hydroxylation is 1. The molecule has 1 aromatic carbocycles. The summed E-state index contributed by atoms with van der Waals surface area (Å²) in [6.07, 6.45) is 1.45. The zero-order valence-corrected chi connectivity index (χ0v) is 12.4. The molecule has 0 saturated carbocycles. The number of rotatable bonds is 4. The van der Waals surface area contributed by atoms with Crippen molar-refractivity contribution in [2.45, 2.75) is 6.92 Å². The van der Waals surface area contributed by atoms with Gasteiger partial charge < -0.3 is 15.3 Å². The van der Waals surface area contributed by atoms with Gasteiger partial charge in [0.05, 0.1) is 17.8 Å². The fourth-order valence-electron chi connectivity index (χ4n) is 1.91. The molecule has 2 N–H and O–H groups in total. The highest BCUT2D eigenvalue weighted by molar-refractivity contribution is 5.95. The minimum Gasteiger partial charge on any atom is -0.506 e. The van der Waals surface area contributed by atoms with Crippen molar-refractivity contribution in [2.24, 2.45) is 0 Å². The first-order valence-corrected chi connectivity index (χ1v) is 6.66. The summed E-state index contributed by atoms with van der Waals surface area (Å²) in [5, 5.41) is 21.1. The van der Waals surface area contributed by atoms with Gasteiger partial charge in [-0.25, -0.2) is 4.98 Å². The molecule has 0 bridgehead atoms. The molecule has 22 heavy (non-hydrogen) atoms. The normalized spacial score (nSPS) is 9.86. The molecule has 0 aliphatic rings. The fraction of sp³-hybridized carbons (Fsp3) is 0.188. The quantitative estimate of drug-likeness (QED) is 0.843. The van der Waals surface area contributed by atoms with Gasteiger partial charge in [-0.2, -0.15) is 5.26 Å². The highest BCUT2D eigenvalue weighted by atomic mass is 16.3. The van der Waals surface area contributed by atoms with E-state index in [1.807, 2.05) is 13.0 Å². The zero-order chi connectivity index (χ0) is 16.1. The van der Waals surface area contributed by atoms with Crippen LogP contribution in [0.1, 0.15) is 11.1 Å². The number of carbonyl (C=O) groups is 1. The van der Waals surface area contributed by atoms with E-state index in [2.05, 4.69) is 10.3 Å². The Labute approximate surface area is 128 Å². The summed E-state index contributed by atoms with van der Waals surface area (Å²) < 4.78 is 0. The number of hydrogen-bond donors (Lipinski definition) is 2. The Morgan fingerprint density at radius 2 is 2.18 bits per heavy atom. The standard InChI is InChI=1S/C16H16N4O2/c1-11-3-5-14(21)13(7-11)19-16(22)10-20(2)15-6-4-12(8-17)9-18-15/h3-7,9,21H,10H2,1-2H3,(H,19,22). The van der Waals surface area contributed by atoms with Crippen LogP contribution in [0.2, 0.25) is 0 Å². The molecular weight excluding hydrogens is 280 g/mol. The van der Waals surface area contributed by atoms with Crippen molar-refractivity contribution in [1.82, 2.24) is 4.98 Å². The Hall–Kier alpha value is -3.07. The van der Waals surface area contributed by atoms with Crippen molar-refractivity contribution in [2.75, 3.05) is 23.8 Å². The second kappa shape index (κ2) is 6.59. The van der Waals surface area contributed by atoms with E-state index in [-0.39, 0.29) is 18.2 Å². The van der Waals surface area contributed by atoms with Gasteiger partial charge in [0.25, 0.3) is 0 Å². The third kappa shape index (κ3) is 3.73. The maximum Gasteiger partial charge on any atom is 0.244 e. The number of aromatic nitrogens is 1. The summed E-state index contributed by atoms with van der Waals surface area (Å²) in [6, 6.07) is 10.3. The fourth-order valence-corrected chi connectivity index (χ4v) is 1.91. The van der Waals surface area contributed by atoms with Crippen LogP contribution in [0.3, 0.4) is 0 Å². The van der Waals surface area contributed by atoms with Crippen LogP contribution in [0.5, 0.6) is 5.75 Å². The Balaban J connectivity index is 2.01. The van der Waals surface area contributed by atoms with Crippen LogP contribution in [-0.4, -0.2) is 29.6 Å². The number of likely N-dealkylation sites (N-methyl/N-ethyl adjacent to an activating group) is 1. The molecule has 0 fully saturated rings. The molecule has 1 amide bonds. The van der Waals surface area contributed by atoms with Crippen molar-refractivity contribution >= 4 is 17.4 Å². The lowest BCUT2D eigenvalue weighted by atomic mass is 10.2. The van der Waals surface area contributed by atoms with Crippen molar-refractivity contribution in [1.29, 1.82) is 5.26 Å². The second-order valence-electron chi connectivity index (χ2n) is 4.94. The first-order valence-electron chi connectivity index (χ1n) is 6.66. The van der Waals surface area contributed by atoms with Crippen molar-refractivity contribution in [3.8, 4) is 11.8 Å². The monoisotopic (exact) mass is 296 g/mol. The molecule has 2 rings (SSSR count). The maximum atomic E-state index is 12.0. The average molecular weight is 296 g/mol. The van der Waals surface area contributed by atoms with E-state index in [0.717, 1.165) is 5.56 Å². The number of phenolic OH excluding ortho intramolecular Hbond substituents is 1. The van der Waals surface area contributed by atoms with E-state index < -0.39 is 0 Å². The molecule has 2 aromatic rings. The molecule has 0 unspecified atom stereocenters. The number of anilines is 2. The molecule has 6 nitrogen and oxygen atoms in total. The smallest absolute Gasteiger partial charge is 0.244 e. The minimum absolute atomic E-state index is 0.0260. The van der Waals surface area contributed by atoms with Gasteiger partial charge in [0.1, 0.15) is 17.6 Å². The van der Waals surface area contributed by atoms with Gasteiger partial charge in [-0.1, -0.05) is 6.07 Å². The molecule has 1 heterocycles. The molecule has 0 radical (unpaired) electrons. The van der Waals surface area contributed by atoms with Crippen LogP contribution < -0.4 is 10.2 Å². The number of aromatic hydroxyl groups is 1. The molecule has 1 aromatic heterocycles. The van der Waals surface area contributed by atoms with Gasteiger partial charge in [-0.05, 0) is 36.8 Å². The number of hydrogen-bond acceptors (Lipinski definition) is 5. The van der Waals surface area contributed by atoms with Crippen molar-refractivity contribution in [3.63, 3.8) is 0 Å². The number of amides is 1. The lowest BCUT2D eigenvalue weighted by Crippen LogP contribution is -2.30. The maximum absolute atomic E-state index is 12.0. The number of pyridine rings is 1. The van der Waals surface area contributed by atoms with Crippen LogP contribution in [-0.2, 0) is 4.79 Å². The Morgan fingerprint density at radius 1 is 1.41 bits per heavy atom. The molecule has 6 heteroatoms. The van der Waals surface area contributed by atoms with E-state index in [0.29, 0.717) is 17.1 Å². The Bertz CT molecular complexity index is 720. The van der Waals surface area contributed by atoms with Crippen LogP contribution in [0.25, 0.3) is 0 Å². The van der Waals surface area contributed by atoms with Gasteiger partial charge in [0, 0.05) is 13.2 Å². The highest BCUT2D eigenvalue weighted by Gasteiger charge is 2.11. The third-order valence-corrected chi connectivity index (χ3v) is 3.07. The molecule has 112 valence electrons. The summed E-state index contributed by atoms with van der Waals surface area (Å²) in [7, 11) is 1.73. The van der Waals surface area contributed by atoms with Crippen LogP contribution >= 0.6 is 0 Å². The second-order valence-corrected chi connectivity index (χ2v) is 4.94. The van der Waals surface area contributed by atoms with E-state index in [4.69, 9.17) is 5.26 Å². The SMILES string of the molecule is Cc1ccc(O)c(NC(=O)CN(C)c2ccc(C#N)cn2)c1. The number of phenols is 1. The van der Waals surface area contributed by atoms with Crippen molar-refractivity contribution in [3.05, 3.63) is 47.7 Å². The summed E-state index contributed by atoms with van der Waals surface area (Å²) >= 11 is 0. The van der Waals surface area contributed by atoms with E-state index >= 15 is 0 Å². The number of benzene rings is 1. The molecule has 0 spiro atoms. The summed E-state index contributed by atoms with van der Waals surface area (Å²) in [4.78, 5) is 17.8. The average Bonchev–Trinajstić information content (AvgIpc) is 2.51. The van der Waals surface area contributed by atoms with Gasteiger partial charge in [-0.3, -0.25) is 4.79 Å². The minimum atomic E-state index is -0.269. The van der Waals surface area contributed by atoms with Crippen LogP contribution in [0.15, 0.2) is 36.5 Å². The highest BCUT2D eigenvalue weighted by Crippen LogP contribution is 2.23. The zero-order valence-electron chi connectivity index (χ0n) is 12.4. The molecule has 0 atom stereocenters. The third-order valence-electron chi connectivity index (χ3n) is 3.07. The lowest BCUT2D eigenvalue weighted by Gasteiger charge is -2.18. The Morgan fingerprint density at radius 3 is 2.82 bits per heavy atom. The van der Waals surface area contributed by atoms with Gasteiger partial charge in [0.2, 0.25) is 5.91 Å². The molecule has 0 aliphatic heterocycles. The number of nitrogens with zero attached hydrogens (tertiary/aromatic N) is 3. The van der Waals surface area contributed by atoms with Gasteiger partial charge in [-0.15, -0.1) is 0 Å². The summed E-state index contributed by atoms with van der Waals surface area (Å²) in [6.45, 7) is 1.95. The van der Waals surface area contributed by atoms with Crippen LogP contribution in [0, 0.1) is 18.3 Å². The first kappa shape index (κ1) is 15.3. The van der Waals surface area contributed by atoms with Gasteiger partial charge in [0.15, 0.2) is 0 Å².